The van der Waals surface area contributed by atoms with Gasteiger partial charge in [0.2, 0.25) is 0 Å². The molecule has 2 heterocycles. The molecule has 1 aromatic rings. The Bertz CT molecular complexity index is 1290. The van der Waals surface area contributed by atoms with Crippen LogP contribution in [0.5, 0.6) is 0 Å². The summed E-state index contributed by atoms with van der Waals surface area (Å²) < 4.78 is 22.5. The van der Waals surface area contributed by atoms with E-state index in [4.69, 9.17) is 18.6 Å². The number of Topliss-reactive ketones (excluding diaryl/α,β-unsaturated/α-hetero) is 1. The van der Waals surface area contributed by atoms with E-state index in [0.29, 0.717) is 12.0 Å². The summed E-state index contributed by atoms with van der Waals surface area (Å²) in [5.74, 6) is -2.66. The Morgan fingerprint density at radius 2 is 1.88 bits per heavy atom. The molecule has 0 radical (unpaired) electrons. The number of carbonyl (C=O) groups excluding carboxylic acids is 4. The van der Waals surface area contributed by atoms with E-state index >= 15 is 0 Å². The Kier molecular flexibility index (Phi) is 6.91. The molecule has 5 rings (SSSR count). The fourth-order valence-electron chi connectivity index (χ4n) is 8.48. The van der Waals surface area contributed by atoms with Crippen molar-refractivity contribution in [3.8, 4) is 0 Å². The maximum absolute atomic E-state index is 14.4. The Morgan fingerprint density at radius 1 is 1.15 bits per heavy atom. The van der Waals surface area contributed by atoms with Gasteiger partial charge in [0.05, 0.1) is 32.0 Å². The molecule has 1 aromatic heterocycles. The minimum atomic E-state index is -0.904. The summed E-state index contributed by atoms with van der Waals surface area (Å²) in [7, 11) is 1.35. The molecule has 2 saturated carbocycles. The SMILES string of the molecule is CC=C(C)C(=O)O[C@@H]1[C@@H]2C=C3[C@@H](CC[C@]4(C)[C@H]3CC(=O)O[C@H]4c3ccoc3)[C@@](C)(C2=O)[C@@H](CC(=O)OC)C1(C)C. The number of ether oxygens (including phenoxy) is 3. The first-order valence-corrected chi connectivity index (χ1v) is 14.2. The molecule has 0 amide bonds. The summed E-state index contributed by atoms with van der Waals surface area (Å²) >= 11 is 0. The number of allylic oxidation sites excluding steroid dienone is 2. The fourth-order valence-corrected chi connectivity index (χ4v) is 8.48. The molecule has 0 N–H and O–H groups in total. The van der Waals surface area contributed by atoms with Crippen LogP contribution in [0.1, 0.15) is 78.9 Å². The third-order valence-electron chi connectivity index (χ3n) is 10.8. The molecule has 40 heavy (non-hydrogen) atoms. The van der Waals surface area contributed by atoms with Crippen molar-refractivity contribution >= 4 is 23.7 Å². The number of fused-ring (bicyclic) bond motifs is 6. The minimum absolute atomic E-state index is 0.0150. The second kappa shape index (κ2) is 9.74. The number of carbonyl (C=O) groups is 4. The van der Waals surface area contributed by atoms with Gasteiger partial charge < -0.3 is 18.6 Å². The summed E-state index contributed by atoms with van der Waals surface area (Å²) in [6, 6.07) is 1.83. The second-order valence-electron chi connectivity index (χ2n) is 13.1. The summed E-state index contributed by atoms with van der Waals surface area (Å²) in [4.78, 5) is 53.3. The predicted octanol–water partition coefficient (Wildman–Crippen LogP) is 5.53. The van der Waals surface area contributed by atoms with Gasteiger partial charge in [-0.25, -0.2) is 4.79 Å². The van der Waals surface area contributed by atoms with Gasteiger partial charge in [-0.3, -0.25) is 14.4 Å². The van der Waals surface area contributed by atoms with Gasteiger partial charge in [-0.15, -0.1) is 0 Å². The molecule has 8 nitrogen and oxygen atoms in total. The normalized spacial score (nSPS) is 38.4. The average Bonchev–Trinajstić information content (AvgIpc) is 3.45. The lowest BCUT2D eigenvalue weighted by molar-refractivity contribution is -0.195. The zero-order valence-corrected chi connectivity index (χ0v) is 24.4. The fraction of sp³-hybridized carbons (Fsp3) is 0.625. The topological polar surface area (TPSA) is 109 Å². The zero-order chi connectivity index (χ0) is 29.2. The largest absolute Gasteiger partial charge is 0.472 e. The Hall–Kier alpha value is -3.16. The van der Waals surface area contributed by atoms with E-state index in [1.807, 2.05) is 32.9 Å². The lowest BCUT2D eigenvalue weighted by atomic mass is 9.40. The van der Waals surface area contributed by atoms with Crippen molar-refractivity contribution in [3.05, 3.63) is 47.5 Å². The molecule has 0 unspecified atom stereocenters. The van der Waals surface area contributed by atoms with Crippen LogP contribution in [0.2, 0.25) is 0 Å². The van der Waals surface area contributed by atoms with E-state index in [2.05, 4.69) is 6.92 Å². The molecule has 216 valence electrons. The van der Waals surface area contributed by atoms with Crippen molar-refractivity contribution in [2.24, 2.45) is 39.9 Å². The monoisotopic (exact) mass is 552 g/mol. The Morgan fingerprint density at radius 3 is 2.50 bits per heavy atom. The quantitative estimate of drug-likeness (QED) is 0.203. The molecule has 0 spiro atoms. The van der Waals surface area contributed by atoms with Gasteiger partial charge >= 0.3 is 17.9 Å². The molecule has 1 aliphatic heterocycles. The number of ketones is 1. The van der Waals surface area contributed by atoms with Crippen LogP contribution in [-0.2, 0) is 33.4 Å². The lowest BCUT2D eigenvalue weighted by Crippen LogP contribution is -2.66. The van der Waals surface area contributed by atoms with Crippen molar-refractivity contribution in [1.29, 1.82) is 0 Å². The van der Waals surface area contributed by atoms with Crippen LogP contribution in [0, 0.1) is 39.9 Å². The summed E-state index contributed by atoms with van der Waals surface area (Å²) in [5, 5.41) is 0. The van der Waals surface area contributed by atoms with E-state index in [1.54, 1.807) is 32.4 Å². The third kappa shape index (κ3) is 4.00. The van der Waals surface area contributed by atoms with E-state index in [-0.39, 0.29) is 36.4 Å². The van der Waals surface area contributed by atoms with Gasteiger partial charge in [0, 0.05) is 33.8 Å². The number of hydrogen-bond donors (Lipinski definition) is 0. The summed E-state index contributed by atoms with van der Waals surface area (Å²) in [6.07, 6.45) is 7.30. The minimum Gasteiger partial charge on any atom is -0.472 e. The Balaban J connectivity index is 1.66. The van der Waals surface area contributed by atoms with Crippen molar-refractivity contribution in [2.45, 2.75) is 79.4 Å². The lowest BCUT2D eigenvalue weighted by Gasteiger charge is -2.63. The first kappa shape index (κ1) is 28.4. The summed E-state index contributed by atoms with van der Waals surface area (Å²) in [6.45, 7) is 11.5. The van der Waals surface area contributed by atoms with Crippen LogP contribution in [0.25, 0.3) is 0 Å². The zero-order valence-electron chi connectivity index (χ0n) is 24.4. The number of furan rings is 1. The van der Waals surface area contributed by atoms with Gasteiger partial charge in [-0.05, 0) is 50.5 Å². The molecule has 8 atom stereocenters. The number of esters is 3. The van der Waals surface area contributed by atoms with Crippen LogP contribution in [0.3, 0.4) is 0 Å². The maximum atomic E-state index is 14.4. The van der Waals surface area contributed by atoms with Crippen LogP contribution in [-0.4, -0.2) is 36.9 Å². The predicted molar refractivity (Wildman–Crippen MR) is 144 cm³/mol. The van der Waals surface area contributed by atoms with Crippen molar-refractivity contribution < 1.29 is 37.8 Å². The van der Waals surface area contributed by atoms with Crippen molar-refractivity contribution in [3.63, 3.8) is 0 Å². The van der Waals surface area contributed by atoms with Crippen molar-refractivity contribution in [2.75, 3.05) is 7.11 Å². The highest BCUT2D eigenvalue weighted by molar-refractivity contribution is 5.94. The highest BCUT2D eigenvalue weighted by Crippen LogP contribution is 2.68. The van der Waals surface area contributed by atoms with Crippen LogP contribution in [0.15, 0.2) is 46.3 Å². The molecular formula is C32H40O8. The van der Waals surface area contributed by atoms with E-state index < -0.39 is 52.2 Å². The first-order chi connectivity index (χ1) is 18.8. The van der Waals surface area contributed by atoms with E-state index in [9.17, 15) is 19.2 Å². The molecule has 2 bridgehead atoms. The second-order valence-corrected chi connectivity index (χ2v) is 13.1. The number of cyclic esters (lactones) is 1. The van der Waals surface area contributed by atoms with Crippen LogP contribution < -0.4 is 0 Å². The standard InChI is InChI=1S/C32H40O8/c1-8-17(2)29(36)40-28-20-13-19-21(32(6,26(20)35)23(30(28,3)4)15-24(33)37-7)9-11-31(5)22(19)14-25(34)39-27(31)18-10-12-38-16-18/h8,10,12-13,16,20-23,27-28H,9,11,14-15H2,1-7H3/t20-,21-,22+,23+,27+,28-,31-,32-/m1/s1. The molecule has 1 saturated heterocycles. The first-order valence-electron chi connectivity index (χ1n) is 14.2. The molecule has 0 aromatic carbocycles. The van der Waals surface area contributed by atoms with Crippen LogP contribution >= 0.6 is 0 Å². The van der Waals surface area contributed by atoms with Gasteiger partial charge in [-0.2, -0.15) is 0 Å². The molecule has 4 aliphatic rings. The Labute approximate surface area is 235 Å². The molecular weight excluding hydrogens is 512 g/mol. The molecule has 8 heteroatoms. The van der Waals surface area contributed by atoms with Crippen molar-refractivity contribution in [1.82, 2.24) is 0 Å². The maximum Gasteiger partial charge on any atom is 0.333 e. The highest BCUT2D eigenvalue weighted by atomic mass is 16.6. The molecule has 3 fully saturated rings. The van der Waals surface area contributed by atoms with Crippen LogP contribution in [0.4, 0.5) is 0 Å². The van der Waals surface area contributed by atoms with E-state index in [1.165, 1.54) is 7.11 Å². The average molecular weight is 553 g/mol. The number of rotatable bonds is 5. The van der Waals surface area contributed by atoms with Gasteiger partial charge in [0.1, 0.15) is 18.0 Å². The van der Waals surface area contributed by atoms with E-state index in [0.717, 1.165) is 17.6 Å². The summed E-state index contributed by atoms with van der Waals surface area (Å²) in [5.41, 5.74) is 0.283. The van der Waals surface area contributed by atoms with Gasteiger partial charge in [0.15, 0.2) is 0 Å². The number of hydrogen-bond acceptors (Lipinski definition) is 8. The molecule has 3 aliphatic carbocycles. The third-order valence-corrected chi connectivity index (χ3v) is 10.8. The highest BCUT2D eigenvalue weighted by Gasteiger charge is 2.69. The smallest absolute Gasteiger partial charge is 0.333 e. The van der Waals surface area contributed by atoms with Gasteiger partial charge in [-0.1, -0.05) is 45.4 Å². The van der Waals surface area contributed by atoms with Gasteiger partial charge in [0.25, 0.3) is 0 Å². The number of methoxy groups -OCH3 is 1.